The second kappa shape index (κ2) is 7.96. The van der Waals surface area contributed by atoms with E-state index in [1.807, 2.05) is 19.9 Å². The highest BCUT2D eigenvalue weighted by Crippen LogP contribution is 2.28. The molecule has 0 bridgehead atoms. The van der Waals surface area contributed by atoms with E-state index in [4.69, 9.17) is 9.47 Å². The molecule has 0 aliphatic carbocycles. The van der Waals surface area contributed by atoms with Crippen molar-refractivity contribution in [2.24, 2.45) is 0 Å². The third kappa shape index (κ3) is 4.65. The largest absolute Gasteiger partial charge is 0.490 e. The molecule has 1 rings (SSSR count). The minimum atomic E-state index is 0.659. The third-order valence-corrected chi connectivity index (χ3v) is 2.36. The lowest BCUT2D eigenvalue weighted by molar-refractivity contribution is 0.287. The molecule has 1 aromatic carbocycles. The Morgan fingerprint density at radius 2 is 1.71 bits per heavy atom. The molecule has 0 aliphatic heterocycles. The molecule has 0 saturated heterocycles. The van der Waals surface area contributed by atoms with Gasteiger partial charge in [-0.1, -0.05) is 13.0 Å². The Kier molecular flexibility index (Phi) is 6.48. The van der Waals surface area contributed by atoms with E-state index in [9.17, 15) is 0 Å². The first kappa shape index (κ1) is 13.8. The number of ether oxygens (including phenoxy) is 2. The first-order chi connectivity index (χ1) is 8.31. The molecular weight excluding hydrogens is 214 g/mol. The lowest BCUT2D eigenvalue weighted by atomic mass is 10.2. The highest BCUT2D eigenvalue weighted by atomic mass is 16.5. The fourth-order valence-corrected chi connectivity index (χ4v) is 1.61. The molecule has 3 nitrogen and oxygen atoms in total. The molecule has 0 unspecified atom stereocenters. The fourth-order valence-electron chi connectivity index (χ4n) is 1.61. The van der Waals surface area contributed by atoms with Gasteiger partial charge in [0.25, 0.3) is 0 Å². The summed E-state index contributed by atoms with van der Waals surface area (Å²) in [7, 11) is 0. The van der Waals surface area contributed by atoms with Crippen LogP contribution < -0.4 is 14.8 Å². The van der Waals surface area contributed by atoms with Gasteiger partial charge in [0.15, 0.2) is 11.5 Å². The van der Waals surface area contributed by atoms with Gasteiger partial charge in [-0.2, -0.15) is 0 Å². The lowest BCUT2D eigenvalue weighted by Gasteiger charge is -2.12. The van der Waals surface area contributed by atoms with E-state index in [1.165, 1.54) is 5.56 Å². The molecule has 3 heteroatoms. The zero-order chi connectivity index (χ0) is 12.5. The summed E-state index contributed by atoms with van der Waals surface area (Å²) in [6, 6.07) is 6.12. The van der Waals surface area contributed by atoms with E-state index < -0.39 is 0 Å². The van der Waals surface area contributed by atoms with Gasteiger partial charge in [-0.05, 0) is 44.5 Å². The normalized spacial score (nSPS) is 10.3. The van der Waals surface area contributed by atoms with Gasteiger partial charge in [-0.3, -0.25) is 0 Å². The van der Waals surface area contributed by atoms with Gasteiger partial charge < -0.3 is 14.8 Å². The van der Waals surface area contributed by atoms with Crippen molar-refractivity contribution >= 4 is 0 Å². The minimum Gasteiger partial charge on any atom is -0.490 e. The average Bonchev–Trinajstić information content (AvgIpc) is 2.33. The van der Waals surface area contributed by atoms with E-state index in [0.29, 0.717) is 13.2 Å². The SMILES string of the molecule is CCCNCc1ccc(OCC)c(OCC)c1. The van der Waals surface area contributed by atoms with Gasteiger partial charge in [0, 0.05) is 6.54 Å². The van der Waals surface area contributed by atoms with Crippen LogP contribution in [-0.2, 0) is 6.54 Å². The summed E-state index contributed by atoms with van der Waals surface area (Å²) >= 11 is 0. The Balaban J connectivity index is 2.70. The molecule has 0 spiro atoms. The number of nitrogens with one attached hydrogen (secondary N) is 1. The lowest BCUT2D eigenvalue weighted by Crippen LogP contribution is -2.13. The number of rotatable bonds is 8. The second-order valence-corrected chi connectivity index (χ2v) is 3.82. The van der Waals surface area contributed by atoms with Crippen LogP contribution in [0, 0.1) is 0 Å². The molecular formula is C14H23NO2. The maximum atomic E-state index is 5.58. The zero-order valence-corrected chi connectivity index (χ0v) is 11.1. The molecule has 0 atom stereocenters. The van der Waals surface area contributed by atoms with E-state index in [1.54, 1.807) is 0 Å². The van der Waals surface area contributed by atoms with Crippen LogP contribution in [0.4, 0.5) is 0 Å². The summed E-state index contributed by atoms with van der Waals surface area (Å²) in [5.74, 6) is 1.67. The Bertz CT molecular complexity index is 326. The first-order valence-electron chi connectivity index (χ1n) is 6.41. The Morgan fingerprint density at radius 1 is 1.00 bits per heavy atom. The van der Waals surface area contributed by atoms with Crippen LogP contribution in [0.25, 0.3) is 0 Å². The van der Waals surface area contributed by atoms with E-state index in [0.717, 1.165) is 31.0 Å². The molecule has 0 saturated carbocycles. The molecule has 0 amide bonds. The van der Waals surface area contributed by atoms with Crippen molar-refractivity contribution in [3.63, 3.8) is 0 Å². The van der Waals surface area contributed by atoms with Crippen molar-refractivity contribution in [1.29, 1.82) is 0 Å². The molecule has 17 heavy (non-hydrogen) atoms. The predicted molar refractivity (Wildman–Crippen MR) is 70.8 cm³/mol. The van der Waals surface area contributed by atoms with Gasteiger partial charge in [0.1, 0.15) is 0 Å². The molecule has 96 valence electrons. The molecule has 0 aliphatic rings. The van der Waals surface area contributed by atoms with E-state index >= 15 is 0 Å². The standard InChI is InChI=1S/C14H23NO2/c1-4-9-15-11-12-7-8-13(16-5-2)14(10-12)17-6-3/h7-8,10,15H,4-6,9,11H2,1-3H3. The summed E-state index contributed by atoms with van der Waals surface area (Å²) in [5.41, 5.74) is 1.23. The summed E-state index contributed by atoms with van der Waals surface area (Å²) in [6.07, 6.45) is 1.15. The highest BCUT2D eigenvalue weighted by molar-refractivity contribution is 5.43. The maximum Gasteiger partial charge on any atom is 0.161 e. The van der Waals surface area contributed by atoms with Crippen LogP contribution in [0.5, 0.6) is 11.5 Å². The van der Waals surface area contributed by atoms with Gasteiger partial charge >= 0.3 is 0 Å². The third-order valence-electron chi connectivity index (χ3n) is 2.36. The van der Waals surface area contributed by atoms with Crippen LogP contribution in [0.1, 0.15) is 32.8 Å². The van der Waals surface area contributed by atoms with Crippen molar-refractivity contribution in [3.05, 3.63) is 23.8 Å². The van der Waals surface area contributed by atoms with Crippen LogP contribution in [0.3, 0.4) is 0 Å². The molecule has 0 heterocycles. The second-order valence-electron chi connectivity index (χ2n) is 3.82. The van der Waals surface area contributed by atoms with Crippen molar-refractivity contribution in [3.8, 4) is 11.5 Å². The average molecular weight is 237 g/mol. The predicted octanol–water partition coefficient (Wildman–Crippen LogP) is 2.98. The summed E-state index contributed by atoms with van der Waals surface area (Å²) in [5, 5.41) is 3.38. The zero-order valence-electron chi connectivity index (χ0n) is 11.1. The van der Waals surface area contributed by atoms with Gasteiger partial charge in [0.2, 0.25) is 0 Å². The monoisotopic (exact) mass is 237 g/mol. The molecule has 1 N–H and O–H groups in total. The van der Waals surface area contributed by atoms with Gasteiger partial charge in [-0.25, -0.2) is 0 Å². The van der Waals surface area contributed by atoms with Crippen molar-refractivity contribution < 1.29 is 9.47 Å². The number of benzene rings is 1. The van der Waals surface area contributed by atoms with Crippen molar-refractivity contribution in [2.75, 3.05) is 19.8 Å². The molecule has 0 radical (unpaired) electrons. The smallest absolute Gasteiger partial charge is 0.161 e. The Morgan fingerprint density at radius 3 is 2.35 bits per heavy atom. The number of hydrogen-bond acceptors (Lipinski definition) is 3. The minimum absolute atomic E-state index is 0.659. The van der Waals surface area contributed by atoms with Crippen molar-refractivity contribution in [1.82, 2.24) is 5.32 Å². The highest BCUT2D eigenvalue weighted by Gasteiger charge is 2.05. The van der Waals surface area contributed by atoms with E-state index in [-0.39, 0.29) is 0 Å². The molecule has 0 aromatic heterocycles. The number of hydrogen-bond donors (Lipinski definition) is 1. The molecule has 0 fully saturated rings. The summed E-state index contributed by atoms with van der Waals surface area (Å²) in [4.78, 5) is 0. The Labute approximate surface area is 104 Å². The molecule has 1 aromatic rings. The first-order valence-corrected chi connectivity index (χ1v) is 6.41. The quantitative estimate of drug-likeness (QED) is 0.705. The summed E-state index contributed by atoms with van der Waals surface area (Å²) in [6.45, 7) is 9.36. The fraction of sp³-hybridized carbons (Fsp3) is 0.571. The van der Waals surface area contributed by atoms with Gasteiger partial charge in [0.05, 0.1) is 13.2 Å². The van der Waals surface area contributed by atoms with Crippen LogP contribution in [-0.4, -0.2) is 19.8 Å². The van der Waals surface area contributed by atoms with Crippen molar-refractivity contribution in [2.45, 2.75) is 33.7 Å². The van der Waals surface area contributed by atoms with E-state index in [2.05, 4.69) is 24.4 Å². The topological polar surface area (TPSA) is 30.5 Å². The Hall–Kier alpha value is -1.22. The van der Waals surface area contributed by atoms with Crippen LogP contribution >= 0.6 is 0 Å². The van der Waals surface area contributed by atoms with Crippen LogP contribution in [0.2, 0.25) is 0 Å². The summed E-state index contributed by atoms with van der Waals surface area (Å²) < 4.78 is 11.1. The van der Waals surface area contributed by atoms with Crippen LogP contribution in [0.15, 0.2) is 18.2 Å². The maximum absolute atomic E-state index is 5.58. The van der Waals surface area contributed by atoms with Gasteiger partial charge in [-0.15, -0.1) is 0 Å².